The van der Waals surface area contributed by atoms with Gasteiger partial charge in [0.1, 0.15) is 4.92 Å². The molecule has 0 aromatic carbocycles. The Morgan fingerprint density at radius 2 is 2.22 bits per heavy atom. The number of halogens is 2. The summed E-state index contributed by atoms with van der Waals surface area (Å²) in [4.78, 5) is 13.2. The van der Waals surface area contributed by atoms with E-state index >= 15 is 0 Å². The monoisotopic (exact) mass is 265 g/mol. The fraction of sp³-hybridized carbons (Fsp3) is 0.900. The zero-order chi connectivity index (χ0) is 13.9. The van der Waals surface area contributed by atoms with Gasteiger partial charge >= 0.3 is 6.05 Å². The molecule has 1 saturated heterocycles. The van der Waals surface area contributed by atoms with Crippen molar-refractivity contribution in [2.24, 2.45) is 16.8 Å². The number of ether oxygens (including phenoxy) is 1. The average Bonchev–Trinajstić information content (AvgIpc) is 2.64. The second-order valence-electron chi connectivity index (χ2n) is 4.50. The number of aliphatic imine (C=N–C) groups is 1. The van der Waals surface area contributed by atoms with Gasteiger partial charge in [0.2, 0.25) is 0 Å². The van der Waals surface area contributed by atoms with E-state index in [0.717, 1.165) is 11.9 Å². The molecule has 1 fully saturated rings. The Morgan fingerprint density at radius 3 is 2.61 bits per heavy atom. The molecule has 1 rings (SSSR count). The molecule has 1 heterocycles. The molecule has 1 aliphatic rings. The molecule has 0 radical (unpaired) electrons. The number of nitrogens with zero attached hydrogens (tertiary/aromatic N) is 3. The quantitative estimate of drug-likeness (QED) is 0.251. The second kappa shape index (κ2) is 5.55. The molecule has 8 heteroatoms. The molecule has 0 saturated carbocycles. The second-order valence-corrected chi connectivity index (χ2v) is 4.50. The molecule has 0 aromatic heterocycles. The molecule has 18 heavy (non-hydrogen) atoms. The highest BCUT2D eigenvalue weighted by Gasteiger charge is 2.52. The number of hydrogen-bond acceptors (Lipinski definition) is 4. The lowest BCUT2D eigenvalue weighted by Gasteiger charge is -2.25. The minimum absolute atomic E-state index is 0.0781. The summed E-state index contributed by atoms with van der Waals surface area (Å²) >= 11 is 0. The van der Waals surface area contributed by atoms with Gasteiger partial charge in [0, 0.05) is 33.2 Å². The largest absolute Gasteiger partial charge is 0.572 e. The van der Waals surface area contributed by atoms with Crippen LogP contribution in [0.1, 0.15) is 6.92 Å². The van der Waals surface area contributed by atoms with Crippen molar-refractivity contribution in [3.63, 3.8) is 0 Å². The van der Waals surface area contributed by atoms with E-state index in [1.807, 2.05) is 6.92 Å². The topological polar surface area (TPSA) is 68.0 Å². The molecule has 0 amide bonds. The summed E-state index contributed by atoms with van der Waals surface area (Å²) < 4.78 is 31.9. The van der Waals surface area contributed by atoms with Crippen molar-refractivity contribution in [1.29, 1.82) is 0 Å². The summed E-state index contributed by atoms with van der Waals surface area (Å²) in [7, 11) is 2.50. The first-order valence-electron chi connectivity index (χ1n) is 5.59. The molecule has 0 aromatic rings. The van der Waals surface area contributed by atoms with E-state index in [-0.39, 0.29) is 18.4 Å². The molecule has 6 nitrogen and oxygen atoms in total. The maximum absolute atomic E-state index is 13.3. The Hall–Kier alpha value is -1.31. The van der Waals surface area contributed by atoms with Gasteiger partial charge in [-0.15, -0.1) is 8.78 Å². The summed E-state index contributed by atoms with van der Waals surface area (Å²) in [5, 5.41) is 10.4. The van der Waals surface area contributed by atoms with Gasteiger partial charge in [-0.25, -0.2) is 0 Å². The highest BCUT2D eigenvalue weighted by atomic mass is 19.3. The Labute approximate surface area is 104 Å². The normalized spacial score (nSPS) is 25.3. The number of amidine groups is 1. The zero-order valence-electron chi connectivity index (χ0n) is 10.6. The Balaban J connectivity index is 2.75. The minimum atomic E-state index is -4.16. The van der Waals surface area contributed by atoms with Gasteiger partial charge in [-0.1, -0.05) is 6.92 Å². The minimum Gasteiger partial charge on any atom is -0.381 e. The van der Waals surface area contributed by atoms with E-state index in [9.17, 15) is 18.9 Å². The molecule has 2 unspecified atom stereocenters. The maximum atomic E-state index is 13.3. The van der Waals surface area contributed by atoms with E-state index in [1.54, 1.807) is 0 Å². The third kappa shape index (κ3) is 2.92. The zero-order valence-corrected chi connectivity index (χ0v) is 10.6. The van der Waals surface area contributed by atoms with Crippen molar-refractivity contribution in [1.82, 2.24) is 4.90 Å². The Bertz CT molecular complexity index is 349. The predicted molar refractivity (Wildman–Crippen MR) is 61.4 cm³/mol. The van der Waals surface area contributed by atoms with Gasteiger partial charge in [0.25, 0.3) is 5.84 Å². The summed E-state index contributed by atoms with van der Waals surface area (Å²) in [6, 6.07) is -4.16. The highest BCUT2D eigenvalue weighted by molar-refractivity contribution is 5.87. The number of hydrogen-bond donors (Lipinski definition) is 0. The molecular formula is C10H17F2N3O3. The van der Waals surface area contributed by atoms with Crippen LogP contribution in [0, 0.1) is 22.0 Å². The lowest BCUT2D eigenvalue weighted by Crippen LogP contribution is -2.48. The lowest BCUT2D eigenvalue weighted by atomic mass is 9.98. The smallest absolute Gasteiger partial charge is 0.381 e. The fourth-order valence-electron chi connectivity index (χ4n) is 1.99. The van der Waals surface area contributed by atoms with Crippen LogP contribution in [0.2, 0.25) is 0 Å². The van der Waals surface area contributed by atoms with Crippen LogP contribution in [0.5, 0.6) is 0 Å². The van der Waals surface area contributed by atoms with E-state index in [2.05, 4.69) is 4.99 Å². The first-order valence-corrected chi connectivity index (χ1v) is 5.59. The van der Waals surface area contributed by atoms with Crippen LogP contribution in [0.3, 0.4) is 0 Å². The highest BCUT2D eigenvalue weighted by Crippen LogP contribution is 2.24. The molecule has 0 spiro atoms. The third-order valence-corrected chi connectivity index (χ3v) is 3.10. The molecule has 2 atom stereocenters. The maximum Gasteiger partial charge on any atom is 0.572 e. The predicted octanol–water partition coefficient (Wildman–Crippen LogP) is 1.10. The summed E-state index contributed by atoms with van der Waals surface area (Å²) in [5.41, 5.74) is 0. The van der Waals surface area contributed by atoms with Gasteiger partial charge in [-0.2, -0.15) is 0 Å². The Kier molecular flexibility index (Phi) is 4.55. The fourth-order valence-corrected chi connectivity index (χ4v) is 1.99. The van der Waals surface area contributed by atoms with Gasteiger partial charge in [-0.05, 0) is 5.92 Å². The van der Waals surface area contributed by atoms with Gasteiger partial charge in [0.05, 0.1) is 6.61 Å². The SMILES string of the molecule is CN=C(N(C)CC1COCC1C)C(F)(F)[N+](=O)[O-]. The van der Waals surface area contributed by atoms with Crippen LogP contribution in [0.25, 0.3) is 0 Å². The molecule has 1 aliphatic heterocycles. The van der Waals surface area contributed by atoms with Crippen LogP contribution in [0.15, 0.2) is 4.99 Å². The lowest BCUT2D eigenvalue weighted by molar-refractivity contribution is -0.618. The van der Waals surface area contributed by atoms with E-state index < -0.39 is 16.8 Å². The first-order chi connectivity index (χ1) is 8.30. The molecule has 0 N–H and O–H groups in total. The summed E-state index contributed by atoms with van der Waals surface area (Å²) in [6.07, 6.45) is 0. The average molecular weight is 265 g/mol. The first kappa shape index (κ1) is 14.7. The third-order valence-electron chi connectivity index (χ3n) is 3.10. The van der Waals surface area contributed by atoms with Crippen molar-refractivity contribution in [2.75, 3.05) is 33.9 Å². The van der Waals surface area contributed by atoms with Crippen molar-refractivity contribution in [2.45, 2.75) is 13.0 Å². The molecular weight excluding hydrogens is 248 g/mol. The molecule has 104 valence electrons. The van der Waals surface area contributed by atoms with Gasteiger partial charge < -0.3 is 9.64 Å². The van der Waals surface area contributed by atoms with Gasteiger partial charge in [-0.3, -0.25) is 15.1 Å². The number of likely N-dealkylation sites (N-methyl/N-ethyl adjacent to an activating group) is 1. The van der Waals surface area contributed by atoms with E-state index in [1.165, 1.54) is 7.05 Å². The number of rotatable bonds is 4. The van der Waals surface area contributed by atoms with Crippen LogP contribution >= 0.6 is 0 Å². The van der Waals surface area contributed by atoms with Crippen molar-refractivity contribution < 1.29 is 18.4 Å². The van der Waals surface area contributed by atoms with Crippen LogP contribution in [0.4, 0.5) is 8.78 Å². The summed E-state index contributed by atoms with van der Waals surface area (Å²) in [6.45, 7) is 3.28. The van der Waals surface area contributed by atoms with Crippen LogP contribution in [-0.2, 0) is 4.74 Å². The number of nitro groups is 1. The molecule has 0 bridgehead atoms. The standard InChI is InChI=1S/C10H17F2N3O3/c1-7-5-18-6-8(7)4-14(3)9(13-2)10(11,12)15(16)17/h7-8H,4-6H2,1-3H3. The van der Waals surface area contributed by atoms with Crippen LogP contribution < -0.4 is 0 Å². The summed E-state index contributed by atoms with van der Waals surface area (Å²) in [5.74, 6) is -0.504. The van der Waals surface area contributed by atoms with E-state index in [0.29, 0.717) is 13.2 Å². The van der Waals surface area contributed by atoms with Crippen molar-refractivity contribution in [3.05, 3.63) is 10.1 Å². The van der Waals surface area contributed by atoms with Gasteiger partial charge in [0.15, 0.2) is 0 Å². The van der Waals surface area contributed by atoms with Crippen LogP contribution in [-0.4, -0.2) is 55.6 Å². The van der Waals surface area contributed by atoms with Crippen molar-refractivity contribution in [3.8, 4) is 0 Å². The number of alkyl halides is 2. The van der Waals surface area contributed by atoms with E-state index in [4.69, 9.17) is 4.74 Å². The Morgan fingerprint density at radius 1 is 1.61 bits per heavy atom. The van der Waals surface area contributed by atoms with Crippen molar-refractivity contribution >= 4 is 5.84 Å². The molecule has 0 aliphatic carbocycles.